The Morgan fingerprint density at radius 2 is 1.85 bits per heavy atom. The number of hydrogen-bond acceptors (Lipinski definition) is 8. The first-order valence-corrected chi connectivity index (χ1v) is 11.2. The molecule has 12 nitrogen and oxygen atoms in total. The molecule has 0 bridgehead atoms. The van der Waals surface area contributed by atoms with Gasteiger partial charge in [0.25, 0.3) is 0 Å². The maximum atomic E-state index is 12.4. The number of nitrogens with one attached hydrogen (secondary N) is 2. The van der Waals surface area contributed by atoms with Crippen LogP contribution in [0.15, 0.2) is 24.9 Å². The van der Waals surface area contributed by atoms with Crippen LogP contribution in [0, 0.1) is 0 Å². The molecular formula is C22H31N7O5. The van der Waals surface area contributed by atoms with Gasteiger partial charge < -0.3 is 19.7 Å². The predicted molar refractivity (Wildman–Crippen MR) is 123 cm³/mol. The summed E-state index contributed by atoms with van der Waals surface area (Å²) in [5.74, 6) is -0.148. The van der Waals surface area contributed by atoms with E-state index in [4.69, 9.17) is 9.47 Å². The minimum Gasteiger partial charge on any atom is -0.476 e. The van der Waals surface area contributed by atoms with E-state index < -0.39 is 11.7 Å². The van der Waals surface area contributed by atoms with E-state index in [1.165, 1.54) is 23.4 Å². The second-order valence-electron chi connectivity index (χ2n) is 8.88. The molecule has 34 heavy (non-hydrogen) atoms. The van der Waals surface area contributed by atoms with Crippen molar-refractivity contribution < 1.29 is 23.9 Å². The zero-order chi connectivity index (χ0) is 24.6. The van der Waals surface area contributed by atoms with Crippen molar-refractivity contribution in [3.63, 3.8) is 0 Å². The number of aromatic nitrogens is 4. The molecule has 1 aliphatic heterocycles. The molecular weight excluding hydrogens is 442 g/mol. The van der Waals surface area contributed by atoms with E-state index >= 15 is 0 Å². The van der Waals surface area contributed by atoms with Crippen molar-refractivity contribution in [2.75, 3.05) is 30.3 Å². The van der Waals surface area contributed by atoms with Gasteiger partial charge >= 0.3 is 6.09 Å². The summed E-state index contributed by atoms with van der Waals surface area (Å²) >= 11 is 0. The van der Waals surface area contributed by atoms with E-state index in [9.17, 15) is 14.4 Å². The van der Waals surface area contributed by atoms with Gasteiger partial charge in [0.15, 0.2) is 0 Å². The summed E-state index contributed by atoms with van der Waals surface area (Å²) in [5.41, 5.74) is 0.0653. The largest absolute Gasteiger partial charge is 0.476 e. The number of hydrogen-bond donors (Lipinski definition) is 2. The Bertz CT molecular complexity index is 996. The SMILES string of the molecule is CC(C)(C)OC(=O)Nc1cncnc1OCCC(=O)Nc1cnn(CC(=O)N2CCCCC2)c1. The number of nitrogens with zero attached hydrogens (tertiary/aromatic N) is 5. The lowest BCUT2D eigenvalue weighted by molar-refractivity contribution is -0.132. The zero-order valence-corrected chi connectivity index (χ0v) is 19.7. The van der Waals surface area contributed by atoms with Crippen molar-refractivity contribution >= 4 is 29.3 Å². The monoisotopic (exact) mass is 473 g/mol. The van der Waals surface area contributed by atoms with E-state index in [0.29, 0.717) is 5.69 Å². The van der Waals surface area contributed by atoms with Gasteiger partial charge in [-0.15, -0.1) is 0 Å². The van der Waals surface area contributed by atoms with Crippen molar-refractivity contribution in [1.82, 2.24) is 24.6 Å². The van der Waals surface area contributed by atoms with Crippen molar-refractivity contribution in [3.05, 3.63) is 24.9 Å². The van der Waals surface area contributed by atoms with Gasteiger partial charge in [0.2, 0.25) is 17.7 Å². The molecule has 0 atom stereocenters. The Morgan fingerprint density at radius 3 is 2.59 bits per heavy atom. The van der Waals surface area contributed by atoms with Crippen LogP contribution in [0.2, 0.25) is 0 Å². The van der Waals surface area contributed by atoms with Crippen LogP contribution in [0.4, 0.5) is 16.2 Å². The second-order valence-corrected chi connectivity index (χ2v) is 8.88. The second kappa shape index (κ2) is 11.4. The highest BCUT2D eigenvalue weighted by atomic mass is 16.6. The third kappa shape index (κ3) is 8.01. The molecule has 184 valence electrons. The van der Waals surface area contributed by atoms with Gasteiger partial charge in [-0.2, -0.15) is 10.1 Å². The number of amides is 3. The standard InChI is InChI=1S/C22H31N7O5/c1-22(2,3)34-21(32)27-17-12-23-15-24-20(17)33-10-7-18(30)26-16-11-25-29(13-16)14-19(31)28-8-5-4-6-9-28/h11-13,15H,4-10,14H2,1-3H3,(H,26,30)(H,27,32). The summed E-state index contributed by atoms with van der Waals surface area (Å²) in [5, 5.41) is 9.41. The molecule has 0 radical (unpaired) electrons. The molecule has 0 saturated carbocycles. The van der Waals surface area contributed by atoms with Crippen molar-refractivity contribution in [2.45, 2.75) is 58.6 Å². The van der Waals surface area contributed by atoms with Crippen LogP contribution in [-0.4, -0.2) is 67.9 Å². The quantitative estimate of drug-likeness (QED) is 0.596. The maximum absolute atomic E-state index is 12.4. The number of carbonyl (C=O) groups is 3. The summed E-state index contributed by atoms with van der Waals surface area (Å²) in [6.45, 7) is 6.98. The number of rotatable bonds is 8. The predicted octanol–water partition coefficient (Wildman–Crippen LogP) is 2.44. The van der Waals surface area contributed by atoms with Crippen LogP contribution in [0.25, 0.3) is 0 Å². The van der Waals surface area contributed by atoms with Gasteiger partial charge in [0, 0.05) is 19.3 Å². The Labute approximate surface area is 198 Å². The molecule has 3 amide bonds. The lowest BCUT2D eigenvalue weighted by Gasteiger charge is -2.26. The number of carbonyl (C=O) groups excluding carboxylic acids is 3. The first kappa shape index (κ1) is 24.9. The van der Waals surface area contributed by atoms with Gasteiger partial charge in [0.1, 0.15) is 24.2 Å². The van der Waals surface area contributed by atoms with Gasteiger partial charge in [-0.3, -0.25) is 19.6 Å². The highest BCUT2D eigenvalue weighted by molar-refractivity contribution is 5.90. The molecule has 2 N–H and O–H groups in total. The maximum Gasteiger partial charge on any atom is 0.412 e. The van der Waals surface area contributed by atoms with Crippen LogP contribution < -0.4 is 15.4 Å². The Kier molecular flexibility index (Phi) is 8.39. The number of likely N-dealkylation sites (tertiary alicyclic amines) is 1. The van der Waals surface area contributed by atoms with Gasteiger partial charge in [-0.25, -0.2) is 9.78 Å². The van der Waals surface area contributed by atoms with E-state index in [1.807, 2.05) is 4.90 Å². The smallest absolute Gasteiger partial charge is 0.412 e. The topological polar surface area (TPSA) is 141 Å². The molecule has 2 aromatic heterocycles. The summed E-state index contributed by atoms with van der Waals surface area (Å²) in [6, 6.07) is 0. The fourth-order valence-electron chi connectivity index (χ4n) is 3.29. The average Bonchev–Trinajstić information content (AvgIpc) is 3.20. The number of ether oxygens (including phenoxy) is 2. The van der Waals surface area contributed by atoms with E-state index in [1.54, 1.807) is 27.0 Å². The number of anilines is 2. The third-order valence-corrected chi connectivity index (χ3v) is 4.80. The lowest BCUT2D eigenvalue weighted by atomic mass is 10.1. The van der Waals surface area contributed by atoms with Crippen LogP contribution in [0.3, 0.4) is 0 Å². The van der Waals surface area contributed by atoms with Crippen LogP contribution >= 0.6 is 0 Å². The Morgan fingerprint density at radius 1 is 1.09 bits per heavy atom. The Hall–Kier alpha value is -3.70. The highest BCUT2D eigenvalue weighted by Gasteiger charge is 2.19. The van der Waals surface area contributed by atoms with Crippen molar-refractivity contribution in [1.29, 1.82) is 0 Å². The van der Waals surface area contributed by atoms with Crippen LogP contribution in [0.5, 0.6) is 5.88 Å². The lowest BCUT2D eigenvalue weighted by Crippen LogP contribution is -2.37. The van der Waals surface area contributed by atoms with E-state index in [0.717, 1.165) is 32.4 Å². The number of piperidine rings is 1. The zero-order valence-electron chi connectivity index (χ0n) is 19.7. The summed E-state index contributed by atoms with van der Waals surface area (Å²) < 4.78 is 12.3. The molecule has 3 rings (SSSR count). The minimum absolute atomic E-state index is 0.0213. The first-order chi connectivity index (χ1) is 16.2. The molecule has 0 aliphatic carbocycles. The first-order valence-electron chi connectivity index (χ1n) is 11.2. The summed E-state index contributed by atoms with van der Waals surface area (Å²) in [6.07, 6.45) is 8.35. The molecule has 3 heterocycles. The molecule has 1 aliphatic rings. The van der Waals surface area contributed by atoms with Crippen LogP contribution in [0.1, 0.15) is 46.5 Å². The summed E-state index contributed by atoms with van der Waals surface area (Å²) in [4.78, 5) is 46.3. The molecule has 2 aromatic rings. The molecule has 12 heteroatoms. The Balaban J connectivity index is 1.44. The van der Waals surface area contributed by atoms with E-state index in [2.05, 4.69) is 25.7 Å². The fraction of sp³-hybridized carbons (Fsp3) is 0.545. The van der Waals surface area contributed by atoms with E-state index in [-0.39, 0.29) is 43.0 Å². The molecule has 0 unspecified atom stereocenters. The van der Waals surface area contributed by atoms with Gasteiger partial charge in [-0.05, 0) is 40.0 Å². The van der Waals surface area contributed by atoms with Crippen molar-refractivity contribution in [3.8, 4) is 5.88 Å². The van der Waals surface area contributed by atoms with Gasteiger partial charge in [0.05, 0.1) is 31.1 Å². The third-order valence-electron chi connectivity index (χ3n) is 4.80. The van der Waals surface area contributed by atoms with Crippen LogP contribution in [-0.2, 0) is 20.9 Å². The highest BCUT2D eigenvalue weighted by Crippen LogP contribution is 2.21. The molecule has 0 aromatic carbocycles. The average molecular weight is 474 g/mol. The normalized spacial score (nSPS) is 13.8. The van der Waals surface area contributed by atoms with Gasteiger partial charge in [-0.1, -0.05) is 0 Å². The molecule has 1 fully saturated rings. The fourth-order valence-corrected chi connectivity index (χ4v) is 3.29. The summed E-state index contributed by atoms with van der Waals surface area (Å²) in [7, 11) is 0. The molecule has 1 saturated heterocycles. The minimum atomic E-state index is -0.666. The van der Waals surface area contributed by atoms with Crippen molar-refractivity contribution in [2.24, 2.45) is 0 Å². The molecule has 0 spiro atoms.